The Morgan fingerprint density at radius 1 is 1.50 bits per heavy atom. The number of carbonyl (C=O) groups is 1. The molecule has 2 rings (SSSR count). The molecule has 0 aliphatic rings. The second kappa shape index (κ2) is 6.11. The number of hydrogen-bond donors (Lipinski definition) is 3. The van der Waals surface area contributed by atoms with Crippen LogP contribution in [0.25, 0.3) is 5.65 Å². The van der Waals surface area contributed by atoms with Gasteiger partial charge in [0.05, 0.1) is 17.3 Å². The van der Waals surface area contributed by atoms with Crippen LogP contribution in [0.15, 0.2) is 18.3 Å². The number of imidazole rings is 1. The Morgan fingerprint density at radius 3 is 2.90 bits per heavy atom. The average Bonchev–Trinajstić information content (AvgIpc) is 2.72. The van der Waals surface area contributed by atoms with Crippen LogP contribution in [0.2, 0.25) is 5.02 Å². The summed E-state index contributed by atoms with van der Waals surface area (Å²) in [6, 6.07) is 3.59. The topological polar surface area (TPSA) is 78.7 Å². The summed E-state index contributed by atoms with van der Waals surface area (Å²) in [6.45, 7) is 4.16. The number of hydroxylamine groups is 1. The number of nitrogens with zero attached hydrogens (tertiary/aromatic N) is 2. The number of fused-ring (bicyclic) bond motifs is 1. The highest BCUT2D eigenvalue weighted by Crippen LogP contribution is 2.23. The summed E-state index contributed by atoms with van der Waals surface area (Å²) >= 11 is 6.00. The minimum Gasteiger partial charge on any atom is -0.360 e. The van der Waals surface area contributed by atoms with Crippen molar-refractivity contribution in [3.8, 4) is 0 Å². The zero-order chi connectivity index (χ0) is 14.7. The molecule has 0 saturated carbocycles. The maximum atomic E-state index is 11.2. The van der Waals surface area contributed by atoms with E-state index in [1.165, 1.54) is 0 Å². The number of amides is 1. The summed E-state index contributed by atoms with van der Waals surface area (Å²) in [6.07, 6.45) is 2.52. The third-order valence-electron chi connectivity index (χ3n) is 2.80. The predicted molar refractivity (Wildman–Crippen MR) is 77.2 cm³/mol. The fourth-order valence-electron chi connectivity index (χ4n) is 1.99. The molecular weight excluding hydrogens is 280 g/mol. The zero-order valence-electron chi connectivity index (χ0n) is 11.4. The van der Waals surface area contributed by atoms with E-state index >= 15 is 0 Å². The summed E-state index contributed by atoms with van der Waals surface area (Å²) in [7, 11) is 0. The Morgan fingerprint density at radius 2 is 2.25 bits per heavy atom. The fourth-order valence-corrected chi connectivity index (χ4v) is 2.15. The first-order valence-electron chi connectivity index (χ1n) is 6.34. The number of anilines is 1. The van der Waals surface area contributed by atoms with Crippen molar-refractivity contribution in [2.75, 3.05) is 11.9 Å². The average molecular weight is 297 g/mol. The number of pyridine rings is 1. The first-order valence-corrected chi connectivity index (χ1v) is 6.72. The highest BCUT2D eigenvalue weighted by molar-refractivity contribution is 6.30. The van der Waals surface area contributed by atoms with Crippen molar-refractivity contribution in [1.29, 1.82) is 0 Å². The molecule has 0 aromatic carbocycles. The van der Waals surface area contributed by atoms with Crippen molar-refractivity contribution in [3.63, 3.8) is 0 Å². The van der Waals surface area contributed by atoms with E-state index in [2.05, 4.69) is 24.1 Å². The van der Waals surface area contributed by atoms with Gasteiger partial charge in [-0.25, -0.2) is 10.5 Å². The van der Waals surface area contributed by atoms with Crippen molar-refractivity contribution in [3.05, 3.63) is 29.0 Å². The molecule has 0 radical (unpaired) electrons. The molecule has 0 aliphatic heterocycles. The van der Waals surface area contributed by atoms with Crippen LogP contribution in [0.1, 0.15) is 19.5 Å². The first kappa shape index (κ1) is 14.6. The second-order valence-electron chi connectivity index (χ2n) is 4.97. The standard InChI is InChI=1S/C13H17ClN4O2/c1-8(2)5-10-13(15-6-12(19)17-20)18-7-9(14)3-4-11(18)16-10/h3-4,7-8,15,20H,5-6H2,1-2H3,(H,17,19). The van der Waals surface area contributed by atoms with Crippen LogP contribution in [0.5, 0.6) is 0 Å². The van der Waals surface area contributed by atoms with Crippen LogP contribution in [0.4, 0.5) is 5.82 Å². The highest BCUT2D eigenvalue weighted by Gasteiger charge is 2.14. The lowest BCUT2D eigenvalue weighted by atomic mass is 10.1. The molecule has 0 unspecified atom stereocenters. The Balaban J connectivity index is 2.40. The third kappa shape index (κ3) is 3.20. The Labute approximate surface area is 121 Å². The molecule has 0 fully saturated rings. The molecule has 20 heavy (non-hydrogen) atoms. The van der Waals surface area contributed by atoms with Gasteiger partial charge in [0.15, 0.2) is 0 Å². The van der Waals surface area contributed by atoms with Gasteiger partial charge in [-0.1, -0.05) is 25.4 Å². The Kier molecular flexibility index (Phi) is 4.46. The Bertz CT molecular complexity index is 624. The number of hydrogen-bond acceptors (Lipinski definition) is 4. The molecule has 3 N–H and O–H groups in total. The van der Waals surface area contributed by atoms with Gasteiger partial charge in [0, 0.05) is 6.20 Å². The fraction of sp³-hybridized carbons (Fsp3) is 0.385. The minimum absolute atomic E-state index is 0.0398. The van der Waals surface area contributed by atoms with Crippen LogP contribution in [-0.2, 0) is 11.2 Å². The Hall–Kier alpha value is -1.79. The lowest BCUT2D eigenvalue weighted by Gasteiger charge is -2.09. The molecule has 7 heteroatoms. The van der Waals surface area contributed by atoms with Gasteiger partial charge < -0.3 is 5.32 Å². The SMILES string of the molecule is CC(C)Cc1nc2ccc(Cl)cn2c1NCC(=O)NO. The van der Waals surface area contributed by atoms with Gasteiger partial charge in [0.2, 0.25) is 0 Å². The van der Waals surface area contributed by atoms with Crippen LogP contribution < -0.4 is 10.8 Å². The molecule has 0 aliphatic carbocycles. The molecule has 0 spiro atoms. The van der Waals surface area contributed by atoms with Crippen molar-refractivity contribution < 1.29 is 10.0 Å². The van der Waals surface area contributed by atoms with Crippen LogP contribution in [0.3, 0.4) is 0 Å². The van der Waals surface area contributed by atoms with Crippen molar-refractivity contribution in [2.45, 2.75) is 20.3 Å². The molecule has 2 aromatic heterocycles. The van der Waals surface area contributed by atoms with E-state index in [1.54, 1.807) is 17.7 Å². The third-order valence-corrected chi connectivity index (χ3v) is 3.02. The summed E-state index contributed by atoms with van der Waals surface area (Å²) in [5.74, 6) is 0.639. The zero-order valence-corrected chi connectivity index (χ0v) is 12.1. The van der Waals surface area contributed by atoms with Crippen molar-refractivity contribution in [1.82, 2.24) is 14.9 Å². The van der Waals surface area contributed by atoms with Crippen molar-refractivity contribution in [2.24, 2.45) is 5.92 Å². The first-order chi connectivity index (χ1) is 9.51. The van der Waals surface area contributed by atoms with E-state index in [0.717, 1.165) is 23.6 Å². The number of nitrogens with one attached hydrogen (secondary N) is 2. The summed E-state index contributed by atoms with van der Waals surface area (Å²) in [5.41, 5.74) is 3.22. The summed E-state index contributed by atoms with van der Waals surface area (Å²) < 4.78 is 1.81. The molecule has 6 nitrogen and oxygen atoms in total. The molecule has 0 saturated heterocycles. The molecule has 2 aromatic rings. The summed E-state index contributed by atoms with van der Waals surface area (Å²) in [4.78, 5) is 15.7. The van der Waals surface area contributed by atoms with Gasteiger partial charge in [-0.2, -0.15) is 0 Å². The van der Waals surface area contributed by atoms with E-state index < -0.39 is 5.91 Å². The van der Waals surface area contributed by atoms with Gasteiger partial charge in [-0.15, -0.1) is 0 Å². The van der Waals surface area contributed by atoms with Gasteiger partial charge in [0.25, 0.3) is 5.91 Å². The largest absolute Gasteiger partial charge is 0.360 e. The van der Waals surface area contributed by atoms with E-state index in [4.69, 9.17) is 16.8 Å². The number of aromatic nitrogens is 2. The van der Waals surface area contributed by atoms with Gasteiger partial charge in [-0.05, 0) is 24.5 Å². The number of halogens is 1. The number of carbonyl (C=O) groups excluding carboxylic acids is 1. The van der Waals surface area contributed by atoms with E-state index in [-0.39, 0.29) is 6.54 Å². The highest BCUT2D eigenvalue weighted by atomic mass is 35.5. The molecule has 1 amide bonds. The van der Waals surface area contributed by atoms with Gasteiger partial charge in [-0.3, -0.25) is 14.4 Å². The molecular formula is C13H17ClN4O2. The lowest BCUT2D eigenvalue weighted by molar-refractivity contribution is -0.127. The van der Waals surface area contributed by atoms with E-state index in [1.807, 2.05) is 10.5 Å². The van der Waals surface area contributed by atoms with Gasteiger partial charge >= 0.3 is 0 Å². The molecule has 2 heterocycles. The van der Waals surface area contributed by atoms with E-state index in [0.29, 0.717) is 10.9 Å². The quantitative estimate of drug-likeness (QED) is 0.583. The molecule has 0 bridgehead atoms. The smallest absolute Gasteiger partial charge is 0.262 e. The number of rotatable bonds is 5. The van der Waals surface area contributed by atoms with Crippen molar-refractivity contribution >= 4 is 29.0 Å². The predicted octanol–water partition coefficient (Wildman–Crippen LogP) is 2.10. The molecule has 0 atom stereocenters. The van der Waals surface area contributed by atoms with Crippen LogP contribution >= 0.6 is 11.6 Å². The summed E-state index contributed by atoms with van der Waals surface area (Å²) in [5, 5.41) is 12.1. The maximum Gasteiger partial charge on any atom is 0.262 e. The van der Waals surface area contributed by atoms with Crippen LogP contribution in [0, 0.1) is 5.92 Å². The van der Waals surface area contributed by atoms with Crippen LogP contribution in [-0.4, -0.2) is 27.0 Å². The van der Waals surface area contributed by atoms with Gasteiger partial charge in [0.1, 0.15) is 11.5 Å². The maximum absolute atomic E-state index is 11.2. The normalized spacial score (nSPS) is 11.1. The molecule has 108 valence electrons. The van der Waals surface area contributed by atoms with E-state index in [9.17, 15) is 4.79 Å². The monoisotopic (exact) mass is 296 g/mol. The second-order valence-corrected chi connectivity index (χ2v) is 5.41. The lowest BCUT2D eigenvalue weighted by Crippen LogP contribution is -2.27. The minimum atomic E-state index is -0.516.